The summed E-state index contributed by atoms with van der Waals surface area (Å²) in [6.45, 7) is 12.4. The molecule has 0 aromatic heterocycles. The fourth-order valence-corrected chi connectivity index (χ4v) is 14.6. The lowest BCUT2D eigenvalue weighted by Gasteiger charge is -2.55. The van der Waals surface area contributed by atoms with E-state index in [4.69, 9.17) is 18.9 Å². The highest BCUT2D eigenvalue weighted by Gasteiger charge is 2.81. The fourth-order valence-electron chi connectivity index (χ4n) is 14.6. The van der Waals surface area contributed by atoms with Gasteiger partial charge in [-0.2, -0.15) is 0 Å². The van der Waals surface area contributed by atoms with Crippen molar-refractivity contribution in [3.63, 3.8) is 0 Å². The van der Waals surface area contributed by atoms with Gasteiger partial charge >= 0.3 is 11.9 Å². The number of nitrogens with zero attached hydrogens (tertiary/aromatic N) is 1. The Hall–Kier alpha value is -1.96. The third-order valence-electron chi connectivity index (χ3n) is 18.3. The van der Waals surface area contributed by atoms with Crippen LogP contribution in [0.3, 0.4) is 0 Å². The first-order chi connectivity index (χ1) is 34.4. The third kappa shape index (κ3) is 17.0. The molecule has 0 aliphatic carbocycles. The molecule has 70 heavy (non-hydrogen) atoms. The van der Waals surface area contributed by atoms with E-state index >= 15 is 0 Å². The van der Waals surface area contributed by atoms with Gasteiger partial charge in [-0.15, -0.1) is 0 Å². The molecule has 0 radical (unpaired) electrons. The molecule has 5 aliphatic heterocycles. The zero-order chi connectivity index (χ0) is 49.3. The summed E-state index contributed by atoms with van der Waals surface area (Å²) in [5.74, 6) is 1.19. The first-order valence-corrected chi connectivity index (χ1v) is 30.8. The van der Waals surface area contributed by atoms with E-state index in [2.05, 4.69) is 62.9 Å². The van der Waals surface area contributed by atoms with Gasteiger partial charge in [0, 0.05) is 56.1 Å². The van der Waals surface area contributed by atoms with E-state index in [-0.39, 0.29) is 47.5 Å². The minimum atomic E-state index is -0.499. The number of ether oxygens (including phenoxy) is 4. The standard InChI is InChI=1S/C63H107NO6/c1-5-9-13-17-21-25-30-36-51(37-31-26-22-18-14-10-6-2)44-57(65)67-47-54-55(48-68-58(66)45-52(38-32-27-23-19-15-11-7-3)39-33-28-24-20-16-12-8-4)63-50-64(46-53-40-34-29-35-41-53)49-62-43-42-56(69-62)59(61(62)63)60(54)70-63/h29,34-35,40-41,51-52,54-56,59-61H,5-28,30-33,36-39,42-50H2,1-4H3. The Labute approximate surface area is 430 Å². The van der Waals surface area contributed by atoms with Gasteiger partial charge in [-0.05, 0) is 55.9 Å². The van der Waals surface area contributed by atoms with Crippen molar-refractivity contribution >= 4 is 11.9 Å². The van der Waals surface area contributed by atoms with Gasteiger partial charge in [0.25, 0.3) is 0 Å². The second-order valence-electron chi connectivity index (χ2n) is 23.9. The Morgan fingerprint density at radius 1 is 0.571 bits per heavy atom. The number of unbranched alkanes of at least 4 members (excludes halogenated alkanes) is 24. The van der Waals surface area contributed by atoms with Gasteiger partial charge in [-0.1, -0.05) is 238 Å². The lowest BCUT2D eigenvalue weighted by atomic mass is 9.53. The summed E-state index contributed by atoms with van der Waals surface area (Å²) in [5.41, 5.74) is 0.563. The lowest BCUT2D eigenvalue weighted by molar-refractivity contribution is -0.176. The monoisotopic (exact) mass is 974 g/mol. The van der Waals surface area contributed by atoms with E-state index < -0.39 is 5.60 Å². The molecule has 5 fully saturated rings. The number of likely N-dealkylation sites (tertiary alicyclic amines) is 1. The van der Waals surface area contributed by atoms with Crippen LogP contribution in [-0.2, 0) is 35.1 Å². The highest BCUT2D eigenvalue weighted by molar-refractivity contribution is 5.70. The van der Waals surface area contributed by atoms with E-state index in [0.29, 0.717) is 43.8 Å². The van der Waals surface area contributed by atoms with Crippen molar-refractivity contribution < 1.29 is 28.5 Å². The van der Waals surface area contributed by atoms with Crippen LogP contribution in [0.1, 0.15) is 264 Å². The van der Waals surface area contributed by atoms with Crippen LogP contribution < -0.4 is 0 Å². The van der Waals surface area contributed by atoms with Crippen molar-refractivity contribution in [2.24, 2.45) is 35.5 Å². The number of esters is 2. The zero-order valence-corrected chi connectivity index (χ0v) is 45.9. The molecule has 5 heterocycles. The van der Waals surface area contributed by atoms with Gasteiger partial charge in [-0.3, -0.25) is 14.5 Å². The van der Waals surface area contributed by atoms with Crippen molar-refractivity contribution in [1.82, 2.24) is 4.90 Å². The maximum atomic E-state index is 14.2. The second-order valence-corrected chi connectivity index (χ2v) is 23.9. The second kappa shape index (κ2) is 31.7. The van der Waals surface area contributed by atoms with Crippen LogP contribution >= 0.6 is 0 Å². The molecule has 1 aromatic carbocycles. The third-order valence-corrected chi connectivity index (χ3v) is 18.3. The summed E-state index contributed by atoms with van der Waals surface area (Å²) in [6, 6.07) is 10.8. The summed E-state index contributed by atoms with van der Waals surface area (Å²) >= 11 is 0. The van der Waals surface area contributed by atoms with E-state index in [1.807, 2.05) is 0 Å². The average Bonchev–Trinajstić information content (AvgIpc) is 4.11. The Morgan fingerprint density at radius 3 is 1.49 bits per heavy atom. The average molecular weight is 975 g/mol. The minimum absolute atomic E-state index is 0.0180. The van der Waals surface area contributed by atoms with E-state index in [1.165, 1.54) is 185 Å². The number of carbonyl (C=O) groups is 2. The number of benzene rings is 1. The largest absolute Gasteiger partial charge is 0.465 e. The minimum Gasteiger partial charge on any atom is -0.465 e. The van der Waals surface area contributed by atoms with Gasteiger partial charge in [0.05, 0.1) is 36.6 Å². The summed E-state index contributed by atoms with van der Waals surface area (Å²) in [5, 5.41) is 0. The molecule has 4 bridgehead atoms. The first-order valence-electron chi connectivity index (χ1n) is 30.8. The Balaban J connectivity index is 1.12. The molecule has 0 N–H and O–H groups in total. The Bertz CT molecular complexity index is 1530. The van der Waals surface area contributed by atoms with Gasteiger partial charge in [0.15, 0.2) is 0 Å². The maximum absolute atomic E-state index is 14.2. The molecule has 8 unspecified atom stereocenters. The van der Waals surface area contributed by atoms with E-state index in [1.54, 1.807) is 0 Å². The molecule has 5 aliphatic rings. The van der Waals surface area contributed by atoms with Gasteiger partial charge in [0.1, 0.15) is 0 Å². The van der Waals surface area contributed by atoms with E-state index in [9.17, 15) is 9.59 Å². The van der Waals surface area contributed by atoms with Crippen LogP contribution in [0.25, 0.3) is 0 Å². The maximum Gasteiger partial charge on any atom is 0.306 e. The quantitative estimate of drug-likeness (QED) is 0.0477. The SMILES string of the molecule is CCCCCCCCCC(CCCCCCCCC)CC(=O)OCC1C2OC3(CN(Cc4ccccc4)CC45CCC(O4)C2C53)C1COC(=O)CC(CCCCCCCCC)CCCCCCCCC. The van der Waals surface area contributed by atoms with Crippen molar-refractivity contribution in [2.75, 3.05) is 26.3 Å². The number of rotatable bonds is 42. The molecular formula is C63H107NO6. The highest BCUT2D eigenvalue weighted by Crippen LogP contribution is 2.70. The highest BCUT2D eigenvalue weighted by atomic mass is 16.6. The van der Waals surface area contributed by atoms with Crippen LogP contribution in [0.4, 0.5) is 0 Å². The predicted octanol–water partition coefficient (Wildman–Crippen LogP) is 16.7. The van der Waals surface area contributed by atoms with Crippen molar-refractivity contribution in [3.8, 4) is 0 Å². The van der Waals surface area contributed by atoms with Gasteiger partial charge in [0.2, 0.25) is 0 Å². The molecule has 0 saturated carbocycles. The number of carbonyl (C=O) groups excluding carboxylic acids is 2. The molecule has 7 nitrogen and oxygen atoms in total. The Morgan fingerprint density at radius 2 is 1.01 bits per heavy atom. The van der Waals surface area contributed by atoms with Crippen molar-refractivity contribution in [2.45, 2.75) is 289 Å². The number of hydrogen-bond acceptors (Lipinski definition) is 7. The summed E-state index contributed by atoms with van der Waals surface area (Å²) < 4.78 is 27.7. The molecule has 6 rings (SSSR count). The summed E-state index contributed by atoms with van der Waals surface area (Å²) in [4.78, 5) is 30.9. The molecular weight excluding hydrogens is 867 g/mol. The molecule has 2 spiro atoms. The number of fused-ring (bicyclic) bond motifs is 4. The molecule has 5 saturated heterocycles. The van der Waals surface area contributed by atoms with Crippen molar-refractivity contribution in [3.05, 3.63) is 35.9 Å². The number of hydrogen-bond donors (Lipinski definition) is 0. The van der Waals surface area contributed by atoms with Gasteiger partial charge in [-0.25, -0.2) is 0 Å². The van der Waals surface area contributed by atoms with Crippen LogP contribution in [0.2, 0.25) is 0 Å². The molecule has 400 valence electrons. The summed E-state index contributed by atoms with van der Waals surface area (Å²) in [7, 11) is 0. The summed E-state index contributed by atoms with van der Waals surface area (Å²) in [6.07, 6.45) is 44.1. The fraction of sp³-hybridized carbons (Fsp3) is 0.873. The van der Waals surface area contributed by atoms with Crippen molar-refractivity contribution in [1.29, 1.82) is 0 Å². The van der Waals surface area contributed by atoms with Crippen LogP contribution in [0, 0.1) is 35.5 Å². The number of piperidine rings is 1. The van der Waals surface area contributed by atoms with E-state index in [0.717, 1.165) is 58.2 Å². The normalized spacial score (nSPS) is 26.5. The molecule has 0 amide bonds. The Kier molecular flexibility index (Phi) is 26.0. The molecule has 1 aromatic rings. The van der Waals surface area contributed by atoms with Crippen LogP contribution in [-0.4, -0.2) is 66.6 Å². The van der Waals surface area contributed by atoms with Crippen LogP contribution in [0.5, 0.6) is 0 Å². The first kappa shape index (κ1) is 57.3. The van der Waals surface area contributed by atoms with Crippen LogP contribution in [0.15, 0.2) is 30.3 Å². The molecule has 8 atom stereocenters. The topological polar surface area (TPSA) is 74.3 Å². The predicted molar refractivity (Wildman–Crippen MR) is 289 cm³/mol. The zero-order valence-electron chi connectivity index (χ0n) is 45.9. The lowest BCUT2D eigenvalue weighted by Crippen LogP contribution is -2.68. The van der Waals surface area contributed by atoms with Gasteiger partial charge < -0.3 is 18.9 Å². The molecule has 7 heteroatoms. The smallest absolute Gasteiger partial charge is 0.306 e.